The molecule has 4 nitrogen and oxygen atoms in total. The molecule has 0 fully saturated rings. The Morgan fingerprint density at radius 3 is 2.74 bits per heavy atom. The van der Waals surface area contributed by atoms with Crippen LogP contribution in [-0.2, 0) is 6.42 Å². The zero-order chi connectivity index (χ0) is 15.6. The van der Waals surface area contributed by atoms with Gasteiger partial charge in [-0.05, 0) is 31.4 Å². The smallest absolute Gasteiger partial charge is 0.191 e. The van der Waals surface area contributed by atoms with Crippen LogP contribution in [-0.4, -0.2) is 30.6 Å². The topological polar surface area (TPSA) is 52.2 Å². The van der Waals surface area contributed by atoms with E-state index in [9.17, 15) is 0 Å². The van der Waals surface area contributed by atoms with Crippen molar-refractivity contribution >= 4 is 40.8 Å². The molecule has 0 aliphatic carbocycles. The molecule has 0 aliphatic rings. The SMILES string of the molecule is CCCCCN=C(NCC)NCCc1c[nH]c2ccccc12.I. The van der Waals surface area contributed by atoms with Gasteiger partial charge in [0.05, 0.1) is 0 Å². The summed E-state index contributed by atoms with van der Waals surface area (Å²) in [5, 5.41) is 8.05. The summed E-state index contributed by atoms with van der Waals surface area (Å²) in [5.41, 5.74) is 2.56. The first-order valence-corrected chi connectivity index (χ1v) is 8.42. The lowest BCUT2D eigenvalue weighted by Gasteiger charge is -2.11. The molecule has 0 amide bonds. The molecule has 0 aliphatic heterocycles. The maximum atomic E-state index is 4.62. The van der Waals surface area contributed by atoms with Gasteiger partial charge < -0.3 is 15.6 Å². The number of aromatic nitrogens is 1. The fraction of sp³-hybridized carbons (Fsp3) is 0.500. The maximum Gasteiger partial charge on any atom is 0.191 e. The highest BCUT2D eigenvalue weighted by molar-refractivity contribution is 14.0. The van der Waals surface area contributed by atoms with Gasteiger partial charge in [-0.1, -0.05) is 38.0 Å². The Hall–Kier alpha value is -1.24. The zero-order valence-corrected chi connectivity index (χ0v) is 16.5. The van der Waals surface area contributed by atoms with Gasteiger partial charge in [-0.25, -0.2) is 0 Å². The van der Waals surface area contributed by atoms with Gasteiger partial charge in [0.15, 0.2) is 5.96 Å². The summed E-state index contributed by atoms with van der Waals surface area (Å²) >= 11 is 0. The van der Waals surface area contributed by atoms with E-state index in [1.54, 1.807) is 0 Å². The number of nitrogens with one attached hydrogen (secondary N) is 3. The van der Waals surface area contributed by atoms with Crippen LogP contribution >= 0.6 is 24.0 Å². The van der Waals surface area contributed by atoms with Gasteiger partial charge in [0.25, 0.3) is 0 Å². The van der Waals surface area contributed by atoms with Crippen molar-refractivity contribution < 1.29 is 0 Å². The Balaban J connectivity index is 0.00000264. The Morgan fingerprint density at radius 2 is 1.96 bits per heavy atom. The first kappa shape index (κ1) is 19.8. The molecule has 5 heteroatoms. The van der Waals surface area contributed by atoms with E-state index in [1.165, 1.54) is 29.3 Å². The van der Waals surface area contributed by atoms with Crippen LogP contribution in [0.5, 0.6) is 0 Å². The number of aliphatic imine (C=N–C) groups is 1. The highest BCUT2D eigenvalue weighted by atomic mass is 127. The molecule has 3 N–H and O–H groups in total. The summed E-state index contributed by atoms with van der Waals surface area (Å²) in [6, 6.07) is 8.44. The maximum absolute atomic E-state index is 4.62. The second kappa shape index (κ2) is 11.3. The van der Waals surface area contributed by atoms with Gasteiger partial charge in [0, 0.05) is 36.7 Å². The number of benzene rings is 1. The van der Waals surface area contributed by atoms with E-state index in [2.05, 4.69) is 64.9 Å². The molecule has 23 heavy (non-hydrogen) atoms. The predicted octanol–water partition coefficient (Wildman–Crippen LogP) is 4.07. The Kier molecular flexibility index (Phi) is 9.75. The van der Waals surface area contributed by atoms with E-state index in [4.69, 9.17) is 0 Å². The van der Waals surface area contributed by atoms with Crippen LogP contribution in [0.15, 0.2) is 35.5 Å². The minimum Gasteiger partial charge on any atom is -0.361 e. The van der Waals surface area contributed by atoms with Crippen LogP contribution in [0, 0.1) is 0 Å². The average Bonchev–Trinajstić information content (AvgIpc) is 2.95. The molecule has 0 spiro atoms. The lowest BCUT2D eigenvalue weighted by atomic mass is 10.1. The molecular weight excluding hydrogens is 399 g/mol. The van der Waals surface area contributed by atoms with Crippen LogP contribution in [0.1, 0.15) is 38.7 Å². The molecule has 1 aromatic carbocycles. The summed E-state index contributed by atoms with van der Waals surface area (Å²) in [6.07, 6.45) is 6.74. The minimum absolute atomic E-state index is 0. The second-order valence-corrected chi connectivity index (χ2v) is 5.50. The number of aromatic amines is 1. The molecule has 0 saturated heterocycles. The molecule has 2 rings (SSSR count). The van der Waals surface area contributed by atoms with Crippen molar-refractivity contribution in [1.29, 1.82) is 0 Å². The number of guanidine groups is 1. The Morgan fingerprint density at radius 1 is 1.13 bits per heavy atom. The van der Waals surface area contributed by atoms with Crippen LogP contribution in [0.25, 0.3) is 10.9 Å². The van der Waals surface area contributed by atoms with E-state index in [-0.39, 0.29) is 24.0 Å². The van der Waals surface area contributed by atoms with Gasteiger partial charge in [-0.2, -0.15) is 0 Å². The molecule has 0 saturated carbocycles. The van der Waals surface area contributed by atoms with Gasteiger partial charge in [-0.15, -0.1) is 24.0 Å². The first-order chi connectivity index (χ1) is 10.8. The van der Waals surface area contributed by atoms with Gasteiger partial charge in [0.1, 0.15) is 0 Å². The fourth-order valence-electron chi connectivity index (χ4n) is 2.55. The Labute approximate surface area is 156 Å². The van der Waals surface area contributed by atoms with Crippen molar-refractivity contribution in [3.05, 3.63) is 36.0 Å². The molecule has 1 heterocycles. The quantitative estimate of drug-likeness (QED) is 0.257. The lowest BCUT2D eigenvalue weighted by Crippen LogP contribution is -2.38. The normalized spacial score (nSPS) is 11.3. The molecule has 0 atom stereocenters. The summed E-state index contributed by atoms with van der Waals surface area (Å²) in [6.45, 7) is 7.00. The number of unbranched alkanes of at least 4 members (excludes halogenated alkanes) is 2. The Bertz CT molecular complexity index is 591. The highest BCUT2D eigenvalue weighted by Gasteiger charge is 2.03. The van der Waals surface area contributed by atoms with Gasteiger partial charge >= 0.3 is 0 Å². The van der Waals surface area contributed by atoms with Gasteiger partial charge in [0.2, 0.25) is 0 Å². The summed E-state index contributed by atoms with van der Waals surface area (Å²) < 4.78 is 0. The largest absolute Gasteiger partial charge is 0.361 e. The first-order valence-electron chi connectivity index (χ1n) is 8.42. The summed E-state index contributed by atoms with van der Waals surface area (Å²) in [5.74, 6) is 0.929. The number of nitrogens with zero attached hydrogens (tertiary/aromatic N) is 1. The van der Waals surface area contributed by atoms with E-state index in [1.807, 2.05) is 0 Å². The van der Waals surface area contributed by atoms with Gasteiger partial charge in [-0.3, -0.25) is 4.99 Å². The van der Waals surface area contributed by atoms with Crippen molar-refractivity contribution in [2.75, 3.05) is 19.6 Å². The number of fused-ring (bicyclic) bond motifs is 1. The third kappa shape index (κ3) is 6.41. The van der Waals surface area contributed by atoms with E-state index >= 15 is 0 Å². The van der Waals surface area contributed by atoms with E-state index < -0.39 is 0 Å². The number of para-hydroxylation sites is 1. The van der Waals surface area contributed by atoms with Crippen molar-refractivity contribution in [2.24, 2.45) is 4.99 Å². The molecule has 128 valence electrons. The summed E-state index contributed by atoms with van der Waals surface area (Å²) in [7, 11) is 0. The van der Waals surface area contributed by atoms with Crippen LogP contribution in [0.4, 0.5) is 0 Å². The second-order valence-electron chi connectivity index (χ2n) is 5.50. The van der Waals surface area contributed by atoms with E-state index in [0.717, 1.165) is 38.4 Å². The summed E-state index contributed by atoms with van der Waals surface area (Å²) in [4.78, 5) is 7.94. The molecule has 2 aromatic rings. The highest BCUT2D eigenvalue weighted by Crippen LogP contribution is 2.17. The minimum atomic E-state index is 0. The predicted molar refractivity (Wildman–Crippen MR) is 111 cm³/mol. The van der Waals surface area contributed by atoms with Crippen molar-refractivity contribution in [3.8, 4) is 0 Å². The van der Waals surface area contributed by atoms with Crippen LogP contribution < -0.4 is 10.6 Å². The zero-order valence-electron chi connectivity index (χ0n) is 14.2. The van der Waals surface area contributed by atoms with E-state index in [0.29, 0.717) is 0 Å². The standard InChI is InChI=1S/C18H28N4.HI/c1-3-5-8-12-20-18(19-4-2)21-13-11-15-14-22-17-10-7-6-9-16(15)17;/h6-7,9-10,14,22H,3-5,8,11-13H2,1-2H3,(H2,19,20,21);1H. The number of H-pyrrole nitrogens is 1. The van der Waals surface area contributed by atoms with Crippen LogP contribution in [0.3, 0.4) is 0 Å². The number of halogens is 1. The van der Waals surface area contributed by atoms with Crippen molar-refractivity contribution in [2.45, 2.75) is 39.5 Å². The van der Waals surface area contributed by atoms with Crippen molar-refractivity contribution in [1.82, 2.24) is 15.6 Å². The number of rotatable bonds is 8. The molecular formula is C18H29IN4. The molecule has 0 bridgehead atoms. The average molecular weight is 428 g/mol. The number of hydrogen-bond acceptors (Lipinski definition) is 1. The van der Waals surface area contributed by atoms with Crippen LogP contribution in [0.2, 0.25) is 0 Å². The molecule has 0 radical (unpaired) electrons. The lowest BCUT2D eigenvalue weighted by molar-refractivity contribution is 0.717. The monoisotopic (exact) mass is 428 g/mol. The third-order valence-electron chi connectivity index (χ3n) is 3.74. The number of hydrogen-bond donors (Lipinski definition) is 3. The fourth-order valence-corrected chi connectivity index (χ4v) is 2.55. The third-order valence-corrected chi connectivity index (χ3v) is 3.74. The van der Waals surface area contributed by atoms with Crippen molar-refractivity contribution in [3.63, 3.8) is 0 Å². The molecule has 1 aromatic heterocycles. The molecule has 0 unspecified atom stereocenters.